The molecule has 158 valence electrons. The minimum atomic E-state index is -0.278. The molecule has 1 aromatic heterocycles. The van der Waals surface area contributed by atoms with Crippen molar-refractivity contribution in [2.24, 2.45) is 11.7 Å². The van der Waals surface area contributed by atoms with Gasteiger partial charge in [-0.1, -0.05) is 30.3 Å². The summed E-state index contributed by atoms with van der Waals surface area (Å²) in [6.07, 6.45) is 3.76. The number of rotatable bonds is 8. The van der Waals surface area contributed by atoms with Gasteiger partial charge in [0.25, 0.3) is 0 Å². The highest BCUT2D eigenvalue weighted by Crippen LogP contribution is 2.22. The number of carbonyl (C=O) groups is 3. The second kappa shape index (κ2) is 10.4. The molecule has 4 N–H and O–H groups in total. The van der Waals surface area contributed by atoms with Gasteiger partial charge in [-0.15, -0.1) is 0 Å². The van der Waals surface area contributed by atoms with Crippen LogP contribution in [0, 0.1) is 5.92 Å². The van der Waals surface area contributed by atoms with Crippen LogP contribution in [0.25, 0.3) is 0 Å². The summed E-state index contributed by atoms with van der Waals surface area (Å²) >= 11 is 0. The molecule has 3 amide bonds. The van der Waals surface area contributed by atoms with Crippen LogP contribution in [-0.4, -0.2) is 42.3 Å². The highest BCUT2D eigenvalue weighted by Gasteiger charge is 2.24. The number of piperidine rings is 1. The number of benzene rings is 1. The van der Waals surface area contributed by atoms with Crippen LogP contribution in [0.4, 0.5) is 11.5 Å². The monoisotopic (exact) mass is 409 g/mol. The molecule has 1 fully saturated rings. The summed E-state index contributed by atoms with van der Waals surface area (Å²) < 4.78 is 0. The Hall–Kier alpha value is -3.42. The molecule has 2 aromatic rings. The molecule has 0 spiro atoms. The van der Waals surface area contributed by atoms with Crippen LogP contribution in [0.3, 0.4) is 0 Å². The highest BCUT2D eigenvalue weighted by atomic mass is 16.2. The molecule has 1 aliphatic heterocycles. The number of amides is 3. The molecule has 1 aliphatic rings. The molecular weight excluding hydrogens is 382 g/mol. The normalized spacial score (nSPS) is 16.0. The lowest BCUT2D eigenvalue weighted by Gasteiger charge is -2.32. The Labute approximate surface area is 175 Å². The van der Waals surface area contributed by atoms with Crippen molar-refractivity contribution in [1.82, 2.24) is 10.3 Å². The summed E-state index contributed by atoms with van der Waals surface area (Å²) in [5.74, 6) is 0.00994. The van der Waals surface area contributed by atoms with Crippen LogP contribution in [0.2, 0.25) is 0 Å². The van der Waals surface area contributed by atoms with E-state index in [0.717, 1.165) is 30.8 Å². The van der Waals surface area contributed by atoms with Crippen LogP contribution < -0.4 is 21.3 Å². The first-order chi connectivity index (χ1) is 14.5. The number of hydrogen-bond acceptors (Lipinski definition) is 5. The van der Waals surface area contributed by atoms with E-state index in [4.69, 9.17) is 5.73 Å². The molecule has 1 saturated heterocycles. The fourth-order valence-corrected chi connectivity index (χ4v) is 3.45. The van der Waals surface area contributed by atoms with Crippen molar-refractivity contribution < 1.29 is 14.4 Å². The average molecular weight is 409 g/mol. The Morgan fingerprint density at radius 1 is 1.10 bits per heavy atom. The van der Waals surface area contributed by atoms with E-state index in [1.807, 2.05) is 41.3 Å². The van der Waals surface area contributed by atoms with Crippen LogP contribution in [0.15, 0.2) is 48.7 Å². The van der Waals surface area contributed by atoms with Gasteiger partial charge in [0.2, 0.25) is 17.7 Å². The lowest BCUT2D eigenvalue weighted by atomic mass is 9.97. The van der Waals surface area contributed by atoms with E-state index in [9.17, 15) is 14.4 Å². The second-order valence-electron chi connectivity index (χ2n) is 7.40. The second-order valence-corrected chi connectivity index (χ2v) is 7.40. The van der Waals surface area contributed by atoms with Gasteiger partial charge in [0.15, 0.2) is 0 Å². The topological polar surface area (TPSA) is 117 Å². The van der Waals surface area contributed by atoms with Crippen molar-refractivity contribution in [3.05, 3.63) is 54.2 Å². The Morgan fingerprint density at radius 3 is 2.60 bits per heavy atom. The minimum absolute atomic E-state index is 0.115. The number of nitrogens with two attached hydrogens (primary N) is 1. The number of primary amides is 1. The number of hydrogen-bond donors (Lipinski definition) is 3. The van der Waals surface area contributed by atoms with Gasteiger partial charge < -0.3 is 21.3 Å². The van der Waals surface area contributed by atoms with Gasteiger partial charge in [-0.3, -0.25) is 14.4 Å². The third-order valence-corrected chi connectivity index (χ3v) is 5.06. The molecular formula is C22H27N5O3. The van der Waals surface area contributed by atoms with E-state index >= 15 is 0 Å². The number of pyridine rings is 1. The number of aromatic nitrogens is 1. The molecule has 0 saturated carbocycles. The number of nitrogens with one attached hydrogen (secondary N) is 2. The van der Waals surface area contributed by atoms with Crippen LogP contribution >= 0.6 is 0 Å². The van der Waals surface area contributed by atoms with Gasteiger partial charge >= 0.3 is 0 Å². The number of anilines is 2. The van der Waals surface area contributed by atoms with Crippen molar-refractivity contribution in [3.63, 3.8) is 0 Å². The lowest BCUT2D eigenvalue weighted by molar-refractivity contribution is -0.122. The molecule has 0 bridgehead atoms. The largest absolute Gasteiger partial charge is 0.369 e. The maximum Gasteiger partial charge on any atom is 0.226 e. The molecule has 0 aliphatic carbocycles. The summed E-state index contributed by atoms with van der Waals surface area (Å²) in [6.45, 7) is 1.66. The number of nitrogens with zero attached hydrogens (tertiary/aromatic N) is 2. The summed E-state index contributed by atoms with van der Waals surface area (Å²) in [7, 11) is 0. The predicted octanol–water partition coefficient (Wildman–Crippen LogP) is 1.47. The standard InChI is InChI=1S/C22H27N5O3/c23-22(30)17-7-4-12-27(15-17)19-9-8-18(14-25-19)26-20(28)10-11-24-21(29)13-16-5-2-1-3-6-16/h1-3,5-6,8-9,14,17H,4,7,10-13,15H2,(H2,23,30)(H,24,29)(H,26,28). The molecule has 8 heteroatoms. The van der Waals surface area contributed by atoms with Gasteiger partial charge in [-0.05, 0) is 30.5 Å². The third kappa shape index (κ3) is 6.30. The molecule has 1 atom stereocenters. The summed E-state index contributed by atoms with van der Waals surface area (Å²) in [6, 6.07) is 13.1. The average Bonchev–Trinajstić information content (AvgIpc) is 2.75. The Morgan fingerprint density at radius 2 is 1.90 bits per heavy atom. The lowest BCUT2D eigenvalue weighted by Crippen LogP contribution is -2.41. The Kier molecular flexibility index (Phi) is 7.37. The van der Waals surface area contributed by atoms with Crippen molar-refractivity contribution in [3.8, 4) is 0 Å². The molecule has 8 nitrogen and oxygen atoms in total. The molecule has 1 unspecified atom stereocenters. The summed E-state index contributed by atoms with van der Waals surface area (Å²) in [5.41, 5.74) is 6.94. The van der Waals surface area contributed by atoms with Gasteiger partial charge in [0.1, 0.15) is 5.82 Å². The molecule has 3 rings (SSSR count). The predicted molar refractivity (Wildman–Crippen MR) is 115 cm³/mol. The fourth-order valence-electron chi connectivity index (χ4n) is 3.45. The third-order valence-electron chi connectivity index (χ3n) is 5.06. The van der Waals surface area contributed by atoms with Gasteiger partial charge in [0, 0.05) is 26.1 Å². The van der Waals surface area contributed by atoms with E-state index in [0.29, 0.717) is 18.7 Å². The van der Waals surface area contributed by atoms with Crippen molar-refractivity contribution in [2.45, 2.75) is 25.7 Å². The zero-order chi connectivity index (χ0) is 21.3. The van der Waals surface area contributed by atoms with E-state index in [1.54, 1.807) is 12.3 Å². The Bertz CT molecular complexity index is 870. The van der Waals surface area contributed by atoms with E-state index in [1.165, 1.54) is 0 Å². The zero-order valence-electron chi connectivity index (χ0n) is 16.8. The quantitative estimate of drug-likeness (QED) is 0.610. The van der Waals surface area contributed by atoms with Gasteiger partial charge in [-0.25, -0.2) is 4.98 Å². The van der Waals surface area contributed by atoms with Crippen LogP contribution in [0.1, 0.15) is 24.8 Å². The van der Waals surface area contributed by atoms with Crippen LogP contribution in [0.5, 0.6) is 0 Å². The molecule has 1 aromatic carbocycles. The van der Waals surface area contributed by atoms with Crippen molar-refractivity contribution in [1.29, 1.82) is 0 Å². The van der Waals surface area contributed by atoms with Crippen LogP contribution in [-0.2, 0) is 20.8 Å². The molecule has 2 heterocycles. The molecule has 30 heavy (non-hydrogen) atoms. The maximum atomic E-state index is 12.1. The van der Waals surface area contributed by atoms with Crippen molar-refractivity contribution in [2.75, 3.05) is 29.9 Å². The smallest absolute Gasteiger partial charge is 0.226 e. The van der Waals surface area contributed by atoms with E-state index < -0.39 is 0 Å². The maximum absolute atomic E-state index is 12.1. The fraction of sp³-hybridized carbons (Fsp3) is 0.364. The first-order valence-corrected chi connectivity index (χ1v) is 10.1. The van der Waals surface area contributed by atoms with Gasteiger partial charge in [-0.2, -0.15) is 0 Å². The van der Waals surface area contributed by atoms with E-state index in [2.05, 4.69) is 15.6 Å². The van der Waals surface area contributed by atoms with E-state index in [-0.39, 0.29) is 36.6 Å². The summed E-state index contributed by atoms with van der Waals surface area (Å²) in [4.78, 5) is 41.9. The SMILES string of the molecule is NC(=O)C1CCCN(c2ccc(NC(=O)CCNC(=O)Cc3ccccc3)cn2)C1. The van der Waals surface area contributed by atoms with Crippen molar-refractivity contribution >= 4 is 29.2 Å². The highest BCUT2D eigenvalue weighted by molar-refractivity contribution is 5.91. The minimum Gasteiger partial charge on any atom is -0.369 e. The summed E-state index contributed by atoms with van der Waals surface area (Å²) in [5, 5.41) is 5.53. The zero-order valence-corrected chi connectivity index (χ0v) is 16.8. The Balaban J connectivity index is 1.41. The first-order valence-electron chi connectivity index (χ1n) is 10.1. The molecule has 0 radical (unpaired) electrons. The van der Waals surface area contributed by atoms with Gasteiger partial charge in [0.05, 0.1) is 24.2 Å². The number of carbonyl (C=O) groups excluding carboxylic acids is 3. The first kappa shape index (κ1) is 21.3.